The number of aromatic amines is 1. The molecular weight excluding hydrogens is 332 g/mol. The first-order chi connectivity index (χ1) is 12.6. The van der Waals surface area contributed by atoms with Crippen LogP contribution in [0.25, 0.3) is 11.3 Å². The lowest BCUT2D eigenvalue weighted by atomic mass is 10.1. The standard InChI is InChI=1S/C20H22N2O4/c1-13(2)12-25-16-8-9-17(18(23)10-16)20-19(11-21-22-20)26-15-6-4-14(24-3)5-7-15/h4-11,13,23H,12H2,1-3H3,(H,21,22). The molecule has 0 saturated carbocycles. The number of phenolic OH excluding ortho intramolecular Hbond substituents is 1. The van der Waals surface area contributed by atoms with E-state index in [1.165, 1.54) is 0 Å². The molecule has 0 amide bonds. The Morgan fingerprint density at radius 3 is 2.38 bits per heavy atom. The number of H-pyrrole nitrogens is 1. The maximum Gasteiger partial charge on any atom is 0.173 e. The minimum Gasteiger partial charge on any atom is -0.507 e. The second-order valence-electron chi connectivity index (χ2n) is 6.27. The molecule has 1 heterocycles. The molecule has 6 heteroatoms. The SMILES string of the molecule is COc1ccc(Oc2cn[nH]c2-c2ccc(OCC(C)C)cc2O)cc1. The first-order valence-electron chi connectivity index (χ1n) is 8.38. The highest BCUT2D eigenvalue weighted by Gasteiger charge is 2.15. The van der Waals surface area contributed by atoms with Gasteiger partial charge in [-0.2, -0.15) is 5.10 Å². The van der Waals surface area contributed by atoms with E-state index in [9.17, 15) is 5.11 Å². The molecule has 0 aliphatic carbocycles. The number of phenols is 1. The minimum absolute atomic E-state index is 0.0927. The van der Waals surface area contributed by atoms with Crippen molar-refractivity contribution in [3.05, 3.63) is 48.7 Å². The van der Waals surface area contributed by atoms with E-state index in [4.69, 9.17) is 14.2 Å². The van der Waals surface area contributed by atoms with Gasteiger partial charge in [-0.05, 0) is 42.3 Å². The molecule has 2 aromatic carbocycles. The van der Waals surface area contributed by atoms with Crippen molar-refractivity contribution in [3.63, 3.8) is 0 Å². The molecule has 26 heavy (non-hydrogen) atoms. The summed E-state index contributed by atoms with van der Waals surface area (Å²) in [5.41, 5.74) is 1.18. The molecule has 1 aromatic heterocycles. The van der Waals surface area contributed by atoms with E-state index in [0.717, 1.165) is 5.75 Å². The molecular formula is C20H22N2O4. The van der Waals surface area contributed by atoms with Crippen LogP contribution >= 0.6 is 0 Å². The van der Waals surface area contributed by atoms with Crippen LogP contribution in [0.15, 0.2) is 48.7 Å². The summed E-state index contributed by atoms with van der Waals surface area (Å²) in [4.78, 5) is 0. The number of methoxy groups -OCH3 is 1. The van der Waals surface area contributed by atoms with E-state index in [0.29, 0.717) is 41.0 Å². The second-order valence-corrected chi connectivity index (χ2v) is 6.27. The van der Waals surface area contributed by atoms with Crippen LogP contribution < -0.4 is 14.2 Å². The first kappa shape index (κ1) is 17.7. The highest BCUT2D eigenvalue weighted by Crippen LogP contribution is 2.38. The van der Waals surface area contributed by atoms with Crippen LogP contribution in [0.5, 0.6) is 28.7 Å². The smallest absolute Gasteiger partial charge is 0.173 e. The van der Waals surface area contributed by atoms with Gasteiger partial charge in [0.05, 0.1) is 19.9 Å². The van der Waals surface area contributed by atoms with Crippen molar-refractivity contribution in [1.29, 1.82) is 0 Å². The zero-order chi connectivity index (χ0) is 18.5. The topological polar surface area (TPSA) is 76.6 Å². The number of aromatic nitrogens is 2. The molecule has 136 valence electrons. The molecule has 6 nitrogen and oxygen atoms in total. The van der Waals surface area contributed by atoms with Crippen molar-refractivity contribution in [2.45, 2.75) is 13.8 Å². The lowest BCUT2D eigenvalue weighted by Crippen LogP contribution is -2.04. The van der Waals surface area contributed by atoms with E-state index in [2.05, 4.69) is 24.0 Å². The third kappa shape index (κ3) is 4.08. The molecule has 0 radical (unpaired) electrons. The molecule has 0 unspecified atom stereocenters. The lowest BCUT2D eigenvalue weighted by Gasteiger charge is -2.11. The quantitative estimate of drug-likeness (QED) is 0.647. The van der Waals surface area contributed by atoms with Gasteiger partial charge < -0.3 is 19.3 Å². The van der Waals surface area contributed by atoms with Gasteiger partial charge in [0.1, 0.15) is 28.7 Å². The van der Waals surface area contributed by atoms with Crippen LogP contribution in [-0.4, -0.2) is 29.0 Å². The summed E-state index contributed by atoms with van der Waals surface area (Å²) in [6.07, 6.45) is 1.57. The normalized spacial score (nSPS) is 10.8. The molecule has 3 aromatic rings. The summed E-state index contributed by atoms with van der Waals surface area (Å²) in [7, 11) is 1.61. The molecule has 3 rings (SSSR count). The molecule has 0 fully saturated rings. The van der Waals surface area contributed by atoms with E-state index >= 15 is 0 Å². The Morgan fingerprint density at radius 2 is 1.73 bits per heavy atom. The van der Waals surface area contributed by atoms with Crippen molar-refractivity contribution in [3.8, 4) is 40.0 Å². The summed E-state index contributed by atoms with van der Waals surface area (Å²) in [5.74, 6) is 3.03. The monoisotopic (exact) mass is 354 g/mol. The minimum atomic E-state index is 0.0927. The van der Waals surface area contributed by atoms with Crippen molar-refractivity contribution >= 4 is 0 Å². The summed E-state index contributed by atoms with van der Waals surface area (Å²) < 4.78 is 16.7. The van der Waals surface area contributed by atoms with E-state index in [1.807, 2.05) is 18.2 Å². The number of nitrogens with zero attached hydrogens (tertiary/aromatic N) is 1. The summed E-state index contributed by atoms with van der Waals surface area (Å²) in [6, 6.07) is 12.4. The van der Waals surface area contributed by atoms with Crippen molar-refractivity contribution in [2.24, 2.45) is 5.92 Å². The maximum absolute atomic E-state index is 10.4. The summed E-state index contributed by atoms with van der Waals surface area (Å²) in [6.45, 7) is 4.73. The average Bonchev–Trinajstić information content (AvgIpc) is 3.08. The Labute approximate surface area is 152 Å². The zero-order valence-electron chi connectivity index (χ0n) is 15.0. The summed E-state index contributed by atoms with van der Waals surface area (Å²) >= 11 is 0. The molecule has 0 spiro atoms. The third-order valence-corrected chi connectivity index (χ3v) is 3.71. The van der Waals surface area contributed by atoms with Crippen LogP contribution in [-0.2, 0) is 0 Å². The molecule has 0 aliphatic heterocycles. The van der Waals surface area contributed by atoms with Gasteiger partial charge in [0.25, 0.3) is 0 Å². The zero-order valence-corrected chi connectivity index (χ0v) is 15.0. The van der Waals surface area contributed by atoms with Gasteiger partial charge in [-0.1, -0.05) is 13.8 Å². The Balaban J connectivity index is 1.81. The third-order valence-electron chi connectivity index (χ3n) is 3.71. The Bertz CT molecular complexity index is 857. The van der Waals surface area contributed by atoms with E-state index in [-0.39, 0.29) is 5.75 Å². The van der Waals surface area contributed by atoms with Crippen molar-refractivity contribution < 1.29 is 19.3 Å². The van der Waals surface area contributed by atoms with E-state index < -0.39 is 0 Å². The number of benzene rings is 2. The fourth-order valence-corrected chi connectivity index (χ4v) is 2.39. The fraction of sp³-hybridized carbons (Fsp3) is 0.250. The largest absolute Gasteiger partial charge is 0.507 e. The fourth-order valence-electron chi connectivity index (χ4n) is 2.39. The lowest BCUT2D eigenvalue weighted by molar-refractivity contribution is 0.270. The number of ether oxygens (including phenoxy) is 3. The molecule has 0 atom stereocenters. The van der Waals surface area contributed by atoms with Crippen molar-refractivity contribution in [2.75, 3.05) is 13.7 Å². The predicted molar refractivity (Wildman–Crippen MR) is 99.1 cm³/mol. The number of nitrogens with one attached hydrogen (secondary N) is 1. The van der Waals surface area contributed by atoms with Gasteiger partial charge in [0, 0.05) is 11.6 Å². The van der Waals surface area contributed by atoms with Crippen LogP contribution in [0.1, 0.15) is 13.8 Å². The first-order valence-corrected chi connectivity index (χ1v) is 8.38. The number of hydrogen-bond acceptors (Lipinski definition) is 5. The predicted octanol–water partition coefficient (Wildman–Crippen LogP) is 4.62. The maximum atomic E-state index is 10.4. The van der Waals surface area contributed by atoms with Gasteiger partial charge in [0.2, 0.25) is 0 Å². The van der Waals surface area contributed by atoms with Crippen molar-refractivity contribution in [1.82, 2.24) is 10.2 Å². The highest BCUT2D eigenvalue weighted by molar-refractivity contribution is 5.73. The number of rotatable bonds is 7. The number of hydrogen-bond donors (Lipinski definition) is 2. The van der Waals surface area contributed by atoms with Crippen LogP contribution in [0.4, 0.5) is 0 Å². The van der Waals surface area contributed by atoms with Gasteiger partial charge in [0.15, 0.2) is 5.75 Å². The number of aromatic hydroxyl groups is 1. The Morgan fingerprint density at radius 1 is 1.04 bits per heavy atom. The average molecular weight is 354 g/mol. The van der Waals surface area contributed by atoms with Gasteiger partial charge in [-0.3, -0.25) is 5.10 Å². The van der Waals surface area contributed by atoms with Crippen LogP contribution in [0, 0.1) is 5.92 Å². The highest BCUT2D eigenvalue weighted by atomic mass is 16.5. The summed E-state index contributed by atoms with van der Waals surface area (Å²) in [5, 5.41) is 17.3. The Kier molecular flexibility index (Phi) is 5.31. The van der Waals surface area contributed by atoms with Crippen LogP contribution in [0.3, 0.4) is 0 Å². The Hall–Kier alpha value is -3.15. The van der Waals surface area contributed by atoms with Gasteiger partial charge in [-0.15, -0.1) is 0 Å². The molecule has 0 saturated heterocycles. The second kappa shape index (κ2) is 7.82. The molecule has 2 N–H and O–H groups in total. The van der Waals surface area contributed by atoms with E-state index in [1.54, 1.807) is 37.6 Å². The van der Waals surface area contributed by atoms with Gasteiger partial charge in [-0.25, -0.2) is 0 Å². The van der Waals surface area contributed by atoms with Crippen LogP contribution in [0.2, 0.25) is 0 Å². The molecule has 0 bridgehead atoms. The molecule has 0 aliphatic rings. The van der Waals surface area contributed by atoms with Gasteiger partial charge >= 0.3 is 0 Å².